The van der Waals surface area contributed by atoms with Crippen molar-refractivity contribution < 1.29 is 4.79 Å². The average Bonchev–Trinajstić information content (AvgIpc) is 2.82. The zero-order valence-electron chi connectivity index (χ0n) is 13.7. The Morgan fingerprint density at radius 2 is 1.91 bits per heavy atom. The maximum atomic E-state index is 12.6. The summed E-state index contributed by atoms with van der Waals surface area (Å²) in [5.41, 5.74) is 11.8. The van der Waals surface area contributed by atoms with Crippen molar-refractivity contribution in [2.24, 2.45) is 0 Å². The van der Waals surface area contributed by atoms with E-state index >= 15 is 0 Å². The third-order valence-electron chi connectivity index (χ3n) is 4.16. The van der Waals surface area contributed by atoms with Crippen LogP contribution in [0.4, 0.5) is 11.4 Å². The highest BCUT2D eigenvalue weighted by Crippen LogP contribution is 2.36. The molecule has 5 heteroatoms. The van der Waals surface area contributed by atoms with Gasteiger partial charge in [-0.2, -0.15) is 0 Å². The molecule has 2 heterocycles. The molecule has 1 amide bonds. The molecule has 3 rings (SSSR count). The minimum absolute atomic E-state index is 0.189. The van der Waals surface area contributed by atoms with E-state index in [-0.39, 0.29) is 5.91 Å². The Morgan fingerprint density at radius 1 is 1.17 bits per heavy atom. The third-order valence-corrected chi connectivity index (χ3v) is 5.26. The molecule has 3 N–H and O–H groups in total. The molecular formula is C18H19N3OS. The highest BCUT2D eigenvalue weighted by atomic mass is 32.1. The number of pyridine rings is 1. The van der Waals surface area contributed by atoms with Crippen LogP contribution in [-0.4, -0.2) is 10.9 Å². The van der Waals surface area contributed by atoms with E-state index < -0.39 is 0 Å². The lowest BCUT2D eigenvalue weighted by Crippen LogP contribution is -2.12. The molecular weight excluding hydrogens is 306 g/mol. The molecule has 3 aromatic rings. The van der Waals surface area contributed by atoms with Gasteiger partial charge in [0.15, 0.2) is 0 Å². The van der Waals surface area contributed by atoms with E-state index in [9.17, 15) is 4.79 Å². The number of carbonyl (C=O) groups is 1. The van der Waals surface area contributed by atoms with Crippen LogP contribution in [0.2, 0.25) is 0 Å². The monoisotopic (exact) mass is 325 g/mol. The fourth-order valence-electron chi connectivity index (χ4n) is 2.65. The lowest BCUT2D eigenvalue weighted by atomic mass is 10.1. The first-order valence-electron chi connectivity index (χ1n) is 7.42. The number of hydrogen-bond acceptors (Lipinski definition) is 4. The number of nitrogens with one attached hydrogen (secondary N) is 1. The van der Waals surface area contributed by atoms with Gasteiger partial charge in [0.1, 0.15) is 9.71 Å². The maximum absolute atomic E-state index is 12.6. The van der Waals surface area contributed by atoms with Gasteiger partial charge in [-0.25, -0.2) is 4.98 Å². The van der Waals surface area contributed by atoms with Gasteiger partial charge >= 0.3 is 0 Å². The Balaban J connectivity index is 2.05. The minimum atomic E-state index is -0.189. The van der Waals surface area contributed by atoms with Gasteiger partial charge in [-0.05, 0) is 56.5 Å². The number of fused-ring (bicyclic) bond motifs is 1. The van der Waals surface area contributed by atoms with Crippen molar-refractivity contribution in [3.05, 3.63) is 51.5 Å². The summed E-state index contributed by atoms with van der Waals surface area (Å²) < 4.78 is 0. The summed E-state index contributed by atoms with van der Waals surface area (Å²) in [6.45, 7) is 8.02. The number of anilines is 2. The standard InChI is InChI=1S/C18H19N3OS/c1-9-6-5-7-13(8-9)21-17(22)16-15(19)14-11(3)10(2)12(4)20-18(14)23-16/h5-8H,19H2,1-4H3,(H,21,22). The van der Waals surface area contributed by atoms with Gasteiger partial charge in [0.2, 0.25) is 0 Å². The van der Waals surface area contributed by atoms with Gasteiger partial charge in [0.25, 0.3) is 5.91 Å². The van der Waals surface area contributed by atoms with Crippen LogP contribution in [0.1, 0.15) is 32.1 Å². The Labute approximate surface area is 139 Å². The zero-order chi connectivity index (χ0) is 16.7. The molecule has 2 aromatic heterocycles. The third kappa shape index (κ3) is 2.68. The van der Waals surface area contributed by atoms with Gasteiger partial charge in [0.05, 0.1) is 5.69 Å². The van der Waals surface area contributed by atoms with E-state index in [4.69, 9.17) is 5.73 Å². The lowest BCUT2D eigenvalue weighted by Gasteiger charge is -2.06. The molecule has 1 aromatic carbocycles. The molecule has 0 aliphatic heterocycles. The molecule has 0 saturated heterocycles. The number of benzene rings is 1. The van der Waals surface area contributed by atoms with Crippen LogP contribution < -0.4 is 11.1 Å². The number of thiophene rings is 1. The fraction of sp³-hybridized carbons (Fsp3) is 0.222. The number of nitrogens with zero attached hydrogens (tertiary/aromatic N) is 1. The molecule has 0 aliphatic rings. The molecule has 0 atom stereocenters. The summed E-state index contributed by atoms with van der Waals surface area (Å²) in [5.74, 6) is -0.189. The van der Waals surface area contributed by atoms with Crippen LogP contribution in [0.15, 0.2) is 24.3 Å². The van der Waals surface area contributed by atoms with Gasteiger partial charge in [0, 0.05) is 16.8 Å². The SMILES string of the molecule is Cc1cccc(NC(=O)c2sc3nc(C)c(C)c(C)c3c2N)c1. The number of aromatic nitrogens is 1. The van der Waals surface area contributed by atoms with E-state index in [1.54, 1.807) is 0 Å². The molecule has 23 heavy (non-hydrogen) atoms. The summed E-state index contributed by atoms with van der Waals surface area (Å²) in [6.07, 6.45) is 0. The Kier molecular flexibility index (Phi) is 3.82. The Bertz CT molecular complexity index is 928. The normalized spacial score (nSPS) is 11.0. The van der Waals surface area contributed by atoms with Crippen LogP contribution in [0.25, 0.3) is 10.2 Å². The first-order chi connectivity index (χ1) is 10.9. The second-order valence-corrected chi connectivity index (χ2v) is 6.79. The van der Waals surface area contributed by atoms with Crippen LogP contribution in [0, 0.1) is 27.7 Å². The van der Waals surface area contributed by atoms with Crippen molar-refractivity contribution in [3.63, 3.8) is 0 Å². The molecule has 4 nitrogen and oxygen atoms in total. The van der Waals surface area contributed by atoms with Crippen molar-refractivity contribution >= 4 is 38.8 Å². The number of nitrogens with two attached hydrogens (primary N) is 1. The second kappa shape index (κ2) is 5.66. The van der Waals surface area contributed by atoms with Gasteiger partial charge < -0.3 is 11.1 Å². The van der Waals surface area contributed by atoms with Crippen LogP contribution >= 0.6 is 11.3 Å². The van der Waals surface area contributed by atoms with Crippen LogP contribution in [0.3, 0.4) is 0 Å². The molecule has 118 valence electrons. The number of carbonyl (C=O) groups excluding carboxylic acids is 1. The van der Waals surface area contributed by atoms with Gasteiger partial charge in [-0.15, -0.1) is 11.3 Å². The predicted molar refractivity (Wildman–Crippen MR) is 97.4 cm³/mol. The highest BCUT2D eigenvalue weighted by molar-refractivity contribution is 7.21. The summed E-state index contributed by atoms with van der Waals surface area (Å²) >= 11 is 1.34. The molecule has 0 unspecified atom stereocenters. The maximum Gasteiger partial charge on any atom is 0.267 e. The van der Waals surface area contributed by atoms with Crippen molar-refractivity contribution in [3.8, 4) is 0 Å². The molecule has 0 saturated carbocycles. The van der Waals surface area contributed by atoms with E-state index in [1.165, 1.54) is 11.3 Å². The zero-order valence-corrected chi connectivity index (χ0v) is 14.5. The smallest absolute Gasteiger partial charge is 0.267 e. The molecule has 0 aliphatic carbocycles. The van der Waals surface area contributed by atoms with Gasteiger partial charge in [-0.1, -0.05) is 12.1 Å². The fourth-order valence-corrected chi connectivity index (χ4v) is 3.74. The number of hydrogen-bond donors (Lipinski definition) is 2. The van der Waals surface area contributed by atoms with Crippen molar-refractivity contribution in [1.82, 2.24) is 4.98 Å². The molecule has 0 spiro atoms. The molecule has 0 bridgehead atoms. The first kappa shape index (κ1) is 15.5. The molecule has 0 radical (unpaired) electrons. The van der Waals surface area contributed by atoms with E-state index in [0.29, 0.717) is 10.6 Å². The largest absolute Gasteiger partial charge is 0.397 e. The average molecular weight is 325 g/mol. The Morgan fingerprint density at radius 3 is 2.61 bits per heavy atom. The van der Waals surface area contributed by atoms with Crippen LogP contribution in [0.5, 0.6) is 0 Å². The Hall–Kier alpha value is -2.40. The van der Waals surface area contributed by atoms with Gasteiger partial charge in [-0.3, -0.25) is 4.79 Å². The number of nitrogen functional groups attached to an aromatic ring is 1. The summed E-state index contributed by atoms with van der Waals surface area (Å²) in [5, 5.41) is 3.81. The number of amides is 1. The van der Waals surface area contributed by atoms with Crippen molar-refractivity contribution in [1.29, 1.82) is 0 Å². The van der Waals surface area contributed by atoms with E-state index in [0.717, 1.165) is 38.3 Å². The summed E-state index contributed by atoms with van der Waals surface area (Å²) in [7, 11) is 0. The van der Waals surface area contributed by atoms with E-state index in [1.807, 2.05) is 52.0 Å². The predicted octanol–water partition coefficient (Wildman–Crippen LogP) is 4.36. The summed E-state index contributed by atoms with van der Waals surface area (Å²) in [6, 6.07) is 7.70. The highest BCUT2D eigenvalue weighted by Gasteiger charge is 2.20. The van der Waals surface area contributed by atoms with Crippen LogP contribution in [-0.2, 0) is 0 Å². The summed E-state index contributed by atoms with van der Waals surface area (Å²) in [4.78, 5) is 18.5. The number of aryl methyl sites for hydroxylation is 3. The van der Waals surface area contributed by atoms with Crippen molar-refractivity contribution in [2.45, 2.75) is 27.7 Å². The van der Waals surface area contributed by atoms with E-state index in [2.05, 4.69) is 10.3 Å². The molecule has 0 fully saturated rings. The number of rotatable bonds is 2. The van der Waals surface area contributed by atoms with Crippen molar-refractivity contribution in [2.75, 3.05) is 11.1 Å². The first-order valence-corrected chi connectivity index (χ1v) is 8.24. The topological polar surface area (TPSA) is 68.0 Å². The quantitative estimate of drug-likeness (QED) is 0.735. The second-order valence-electron chi connectivity index (χ2n) is 5.80. The minimum Gasteiger partial charge on any atom is -0.397 e. The lowest BCUT2D eigenvalue weighted by molar-refractivity contribution is 0.103.